The molecule has 0 aromatic heterocycles. The SMILES string of the molecule is C/C(=C\c1ccc(O)cc1Cl)CC[C@H]1OB(O)C[C@H]2C1=C(C(C)C)C[C@H]1C(=O)N(C3CCN(Cc4ccccc4)CC3)C(=O)[C@H]12. The first-order valence-electron chi connectivity index (χ1n) is 16.5. The number of halogens is 1. The Morgan fingerprint density at radius 2 is 1.82 bits per heavy atom. The van der Waals surface area contributed by atoms with Crippen LogP contribution in [0.2, 0.25) is 11.3 Å². The number of piperidine rings is 1. The van der Waals surface area contributed by atoms with Gasteiger partial charge in [-0.05, 0) is 92.1 Å². The van der Waals surface area contributed by atoms with Crippen molar-refractivity contribution in [3.63, 3.8) is 0 Å². The van der Waals surface area contributed by atoms with E-state index in [1.54, 1.807) is 17.0 Å². The summed E-state index contributed by atoms with van der Waals surface area (Å²) in [4.78, 5) is 32.2. The lowest BCUT2D eigenvalue weighted by Crippen LogP contribution is -2.48. The molecule has 3 saturated heterocycles. The first-order valence-corrected chi connectivity index (χ1v) is 16.8. The molecule has 0 spiro atoms. The van der Waals surface area contributed by atoms with E-state index in [1.165, 1.54) is 17.2 Å². The van der Waals surface area contributed by atoms with Crippen LogP contribution in [0.15, 0.2) is 65.3 Å². The van der Waals surface area contributed by atoms with Crippen LogP contribution in [-0.4, -0.2) is 64.1 Å². The lowest BCUT2D eigenvalue weighted by molar-refractivity contribution is -0.144. The quantitative estimate of drug-likeness (QED) is 0.201. The van der Waals surface area contributed by atoms with Crippen LogP contribution in [0.25, 0.3) is 6.08 Å². The predicted molar refractivity (Wildman–Crippen MR) is 177 cm³/mol. The Bertz CT molecular complexity index is 1490. The molecule has 1 aliphatic carbocycles. The molecule has 45 heavy (non-hydrogen) atoms. The van der Waals surface area contributed by atoms with Crippen LogP contribution in [0.1, 0.15) is 64.0 Å². The van der Waals surface area contributed by atoms with Gasteiger partial charge in [-0.15, -0.1) is 0 Å². The molecule has 0 radical (unpaired) electrons. The number of carbonyl (C=O) groups is 2. The highest BCUT2D eigenvalue weighted by molar-refractivity contribution is 6.43. The van der Waals surface area contributed by atoms with Crippen molar-refractivity contribution < 1.29 is 24.4 Å². The summed E-state index contributed by atoms with van der Waals surface area (Å²) < 4.78 is 6.19. The molecule has 9 heteroatoms. The fourth-order valence-corrected chi connectivity index (χ4v) is 8.37. The number of aromatic hydroxyl groups is 1. The molecule has 6 rings (SSSR count). The van der Waals surface area contributed by atoms with Crippen LogP contribution < -0.4 is 0 Å². The second kappa shape index (κ2) is 13.4. The Labute approximate surface area is 272 Å². The van der Waals surface area contributed by atoms with Crippen molar-refractivity contribution in [2.75, 3.05) is 13.1 Å². The van der Waals surface area contributed by atoms with Crippen molar-refractivity contribution >= 4 is 36.6 Å². The van der Waals surface area contributed by atoms with E-state index < -0.39 is 13.0 Å². The lowest BCUT2D eigenvalue weighted by atomic mass is 9.57. The number of nitrogens with zero attached hydrogens (tertiary/aromatic N) is 2. The van der Waals surface area contributed by atoms with E-state index in [4.69, 9.17) is 16.3 Å². The average Bonchev–Trinajstić information content (AvgIpc) is 3.27. The van der Waals surface area contributed by atoms with Gasteiger partial charge in [0.05, 0.1) is 23.0 Å². The second-order valence-electron chi connectivity index (χ2n) is 13.7. The highest BCUT2D eigenvalue weighted by Crippen LogP contribution is 2.52. The smallest absolute Gasteiger partial charge is 0.455 e. The molecule has 0 saturated carbocycles. The maximum Gasteiger partial charge on any atom is 0.455 e. The molecule has 3 heterocycles. The largest absolute Gasteiger partial charge is 0.508 e. The average molecular weight is 631 g/mol. The minimum atomic E-state index is -0.982. The number of hydrogen-bond donors (Lipinski definition) is 2. The van der Waals surface area contributed by atoms with Gasteiger partial charge in [-0.3, -0.25) is 19.4 Å². The molecule has 2 aromatic rings. The fourth-order valence-electron chi connectivity index (χ4n) is 8.14. The van der Waals surface area contributed by atoms with Gasteiger partial charge in [0.2, 0.25) is 11.8 Å². The topological polar surface area (TPSA) is 90.3 Å². The van der Waals surface area contributed by atoms with Gasteiger partial charge < -0.3 is 14.8 Å². The molecular formula is C36H44BClN2O5. The van der Waals surface area contributed by atoms with Crippen LogP contribution in [0.3, 0.4) is 0 Å². The van der Waals surface area contributed by atoms with Crippen molar-refractivity contribution in [1.82, 2.24) is 9.80 Å². The number of carbonyl (C=O) groups excluding carboxylic acids is 2. The number of benzene rings is 2. The molecule has 7 nitrogen and oxygen atoms in total. The highest BCUT2D eigenvalue weighted by atomic mass is 35.5. The van der Waals surface area contributed by atoms with Gasteiger partial charge in [-0.25, -0.2) is 0 Å². The highest BCUT2D eigenvalue weighted by Gasteiger charge is 2.58. The summed E-state index contributed by atoms with van der Waals surface area (Å²) in [6.45, 7) is 8.93. The van der Waals surface area contributed by atoms with E-state index in [0.29, 0.717) is 30.6 Å². The minimum absolute atomic E-state index is 0.0224. The zero-order valence-corrected chi connectivity index (χ0v) is 27.2. The molecule has 0 bridgehead atoms. The van der Waals surface area contributed by atoms with Crippen LogP contribution in [0.4, 0.5) is 0 Å². The Morgan fingerprint density at radius 3 is 2.51 bits per heavy atom. The number of likely N-dealkylation sites (tertiary alicyclic amines) is 2. The number of phenolic OH excluding ortho intramolecular Hbond substituents is 1. The molecule has 3 fully saturated rings. The minimum Gasteiger partial charge on any atom is -0.508 e. The monoisotopic (exact) mass is 630 g/mol. The lowest BCUT2D eigenvalue weighted by Gasteiger charge is -2.44. The summed E-state index contributed by atoms with van der Waals surface area (Å²) in [5.41, 5.74) is 5.55. The second-order valence-corrected chi connectivity index (χ2v) is 14.1. The maximum absolute atomic E-state index is 14.2. The van der Waals surface area contributed by atoms with E-state index >= 15 is 0 Å². The molecule has 4 atom stereocenters. The molecule has 2 amide bonds. The number of imide groups is 1. The van der Waals surface area contributed by atoms with E-state index in [2.05, 4.69) is 43.0 Å². The normalized spacial score (nSPS) is 26.6. The zero-order chi connectivity index (χ0) is 31.8. The Balaban J connectivity index is 1.18. The van der Waals surface area contributed by atoms with Gasteiger partial charge >= 0.3 is 7.12 Å². The third-order valence-corrected chi connectivity index (χ3v) is 10.7. The third-order valence-electron chi connectivity index (χ3n) is 10.3. The molecule has 4 aliphatic rings. The Kier molecular flexibility index (Phi) is 9.58. The van der Waals surface area contributed by atoms with E-state index in [0.717, 1.165) is 49.2 Å². The number of hydrogen-bond acceptors (Lipinski definition) is 6. The van der Waals surface area contributed by atoms with Crippen LogP contribution in [0, 0.1) is 23.7 Å². The van der Waals surface area contributed by atoms with Crippen molar-refractivity contribution in [3.05, 3.63) is 81.4 Å². The summed E-state index contributed by atoms with van der Waals surface area (Å²) >= 11 is 6.34. The number of amides is 2. The predicted octanol–water partition coefficient (Wildman–Crippen LogP) is 6.35. The van der Waals surface area contributed by atoms with E-state index in [1.807, 2.05) is 19.1 Å². The van der Waals surface area contributed by atoms with Crippen LogP contribution >= 0.6 is 11.6 Å². The van der Waals surface area contributed by atoms with Crippen molar-refractivity contribution in [3.8, 4) is 5.75 Å². The summed E-state index contributed by atoms with van der Waals surface area (Å²) in [7, 11) is -0.982. The first-order chi connectivity index (χ1) is 21.6. The van der Waals surface area contributed by atoms with Gasteiger partial charge in [-0.2, -0.15) is 0 Å². The Hall–Kier alpha value is -2.91. The van der Waals surface area contributed by atoms with Gasteiger partial charge in [0.1, 0.15) is 5.75 Å². The van der Waals surface area contributed by atoms with Gasteiger partial charge in [-0.1, -0.05) is 73.0 Å². The molecule has 2 aromatic carbocycles. The third kappa shape index (κ3) is 6.66. The van der Waals surface area contributed by atoms with Crippen LogP contribution in [-0.2, 0) is 20.8 Å². The molecule has 238 valence electrons. The summed E-state index contributed by atoms with van der Waals surface area (Å²) in [5, 5.41) is 21.1. The zero-order valence-electron chi connectivity index (χ0n) is 26.5. The van der Waals surface area contributed by atoms with Gasteiger partial charge in [0, 0.05) is 25.7 Å². The number of rotatable bonds is 8. The van der Waals surface area contributed by atoms with E-state index in [9.17, 15) is 19.7 Å². The van der Waals surface area contributed by atoms with Crippen LogP contribution in [0.5, 0.6) is 5.75 Å². The summed E-state index contributed by atoms with van der Waals surface area (Å²) in [6.07, 6.45) is 5.54. The molecular weight excluding hydrogens is 587 g/mol. The first kappa shape index (κ1) is 32.1. The van der Waals surface area contributed by atoms with Gasteiger partial charge in [0.25, 0.3) is 0 Å². The molecule has 0 unspecified atom stereocenters. The maximum atomic E-state index is 14.2. The molecule has 3 aliphatic heterocycles. The van der Waals surface area contributed by atoms with Crippen molar-refractivity contribution in [2.24, 2.45) is 23.7 Å². The van der Waals surface area contributed by atoms with E-state index in [-0.39, 0.29) is 47.5 Å². The number of fused-ring (bicyclic) bond motifs is 3. The number of phenols is 1. The molecule has 2 N–H and O–H groups in total. The fraction of sp³-hybridized carbons (Fsp3) is 0.500. The number of allylic oxidation sites excluding steroid dienone is 2. The van der Waals surface area contributed by atoms with Crippen molar-refractivity contribution in [2.45, 2.75) is 77.9 Å². The summed E-state index contributed by atoms with van der Waals surface area (Å²) in [5.74, 6) is -0.753. The van der Waals surface area contributed by atoms with Crippen molar-refractivity contribution in [1.29, 1.82) is 0 Å². The van der Waals surface area contributed by atoms with Gasteiger partial charge in [0.15, 0.2) is 0 Å². The Morgan fingerprint density at radius 1 is 1.09 bits per heavy atom. The standard InChI is InChI=1S/C36H44BClN2O5/c1-22(2)28-19-29-34(36(43)40(35(29)42)26-13-15-39(16-14-26)21-24-7-5-4-6-8-24)30-20-37(44)45-32(33(28)30)12-9-23(3)17-25-10-11-27(41)18-31(25)38/h4-8,10-11,17-18,22,26,29-30,32,34,41,44H,9,12-16,19-21H2,1-3H3/b23-17+/t29-,30+,32-,34-/m1/s1. The summed E-state index contributed by atoms with van der Waals surface area (Å²) in [6, 6.07) is 15.3.